The SMILES string of the molecule is CC(=O)Nc1ccc(NC(=O)C(=O)NN=CC2CCCCC2)cc1. The summed E-state index contributed by atoms with van der Waals surface area (Å²) in [5.74, 6) is -1.40. The van der Waals surface area contributed by atoms with Crippen LogP contribution in [0.15, 0.2) is 29.4 Å². The zero-order chi connectivity index (χ0) is 17.4. The maximum Gasteiger partial charge on any atom is 0.329 e. The molecule has 0 aromatic heterocycles. The average molecular weight is 330 g/mol. The van der Waals surface area contributed by atoms with E-state index in [0.29, 0.717) is 17.3 Å². The predicted octanol–water partition coefficient (Wildman–Crippen LogP) is 2.27. The van der Waals surface area contributed by atoms with Gasteiger partial charge in [-0.3, -0.25) is 14.4 Å². The minimum atomic E-state index is -0.812. The van der Waals surface area contributed by atoms with Gasteiger partial charge in [-0.1, -0.05) is 19.3 Å². The second-order valence-electron chi connectivity index (χ2n) is 5.83. The summed E-state index contributed by atoms with van der Waals surface area (Å²) in [5, 5.41) is 8.96. The van der Waals surface area contributed by atoms with Gasteiger partial charge in [0.1, 0.15) is 0 Å². The molecule has 0 saturated heterocycles. The van der Waals surface area contributed by atoms with Gasteiger partial charge in [0.15, 0.2) is 0 Å². The van der Waals surface area contributed by atoms with Crippen LogP contribution >= 0.6 is 0 Å². The molecular weight excluding hydrogens is 308 g/mol. The lowest BCUT2D eigenvalue weighted by atomic mass is 9.90. The summed E-state index contributed by atoms with van der Waals surface area (Å²) in [6.45, 7) is 1.41. The van der Waals surface area contributed by atoms with Crippen LogP contribution in [0.2, 0.25) is 0 Å². The fourth-order valence-electron chi connectivity index (χ4n) is 2.56. The van der Waals surface area contributed by atoms with E-state index in [9.17, 15) is 14.4 Å². The molecule has 0 heterocycles. The number of amides is 3. The van der Waals surface area contributed by atoms with Crippen molar-refractivity contribution in [2.75, 3.05) is 10.6 Å². The highest BCUT2D eigenvalue weighted by atomic mass is 16.2. The van der Waals surface area contributed by atoms with Gasteiger partial charge in [-0.05, 0) is 43.0 Å². The van der Waals surface area contributed by atoms with E-state index in [1.165, 1.54) is 26.2 Å². The number of hydrogen-bond acceptors (Lipinski definition) is 4. The topological polar surface area (TPSA) is 99.7 Å². The van der Waals surface area contributed by atoms with E-state index in [1.54, 1.807) is 30.5 Å². The first-order valence-corrected chi connectivity index (χ1v) is 8.07. The molecular formula is C17H22N4O3. The van der Waals surface area contributed by atoms with E-state index in [0.717, 1.165) is 12.8 Å². The van der Waals surface area contributed by atoms with Crippen molar-refractivity contribution in [1.82, 2.24) is 5.43 Å². The van der Waals surface area contributed by atoms with Gasteiger partial charge in [-0.2, -0.15) is 5.10 Å². The molecule has 1 aromatic rings. The molecule has 0 aliphatic heterocycles. The summed E-state index contributed by atoms with van der Waals surface area (Å²) in [7, 11) is 0. The number of nitrogens with one attached hydrogen (secondary N) is 3. The Morgan fingerprint density at radius 3 is 2.12 bits per heavy atom. The number of carbonyl (C=O) groups excluding carboxylic acids is 3. The molecule has 0 radical (unpaired) electrons. The molecule has 0 atom stereocenters. The maximum absolute atomic E-state index is 11.8. The zero-order valence-electron chi connectivity index (χ0n) is 13.7. The smallest absolute Gasteiger partial charge is 0.326 e. The summed E-state index contributed by atoms with van der Waals surface area (Å²) in [5.41, 5.74) is 3.32. The lowest BCUT2D eigenvalue weighted by molar-refractivity contribution is -0.136. The molecule has 0 spiro atoms. The predicted molar refractivity (Wildman–Crippen MR) is 92.6 cm³/mol. The second-order valence-corrected chi connectivity index (χ2v) is 5.83. The summed E-state index contributed by atoms with van der Waals surface area (Å²) in [6, 6.07) is 6.47. The van der Waals surface area contributed by atoms with Gasteiger partial charge in [0, 0.05) is 24.5 Å². The third kappa shape index (κ3) is 5.83. The molecule has 1 aliphatic rings. The molecule has 0 unspecified atom stereocenters. The van der Waals surface area contributed by atoms with Crippen LogP contribution in [0.3, 0.4) is 0 Å². The molecule has 1 aromatic carbocycles. The van der Waals surface area contributed by atoms with Gasteiger partial charge in [0.05, 0.1) is 0 Å². The first-order chi connectivity index (χ1) is 11.5. The highest BCUT2D eigenvalue weighted by Crippen LogP contribution is 2.21. The van der Waals surface area contributed by atoms with Gasteiger partial charge in [0.25, 0.3) is 0 Å². The summed E-state index contributed by atoms with van der Waals surface area (Å²) in [6.07, 6.45) is 7.48. The number of benzene rings is 1. The monoisotopic (exact) mass is 330 g/mol. The van der Waals surface area contributed by atoms with Gasteiger partial charge >= 0.3 is 11.8 Å². The molecule has 1 saturated carbocycles. The lowest BCUT2D eigenvalue weighted by Crippen LogP contribution is -2.32. The molecule has 7 nitrogen and oxygen atoms in total. The van der Waals surface area contributed by atoms with Crippen molar-refractivity contribution < 1.29 is 14.4 Å². The Hall–Kier alpha value is -2.70. The van der Waals surface area contributed by atoms with E-state index in [1.807, 2.05) is 0 Å². The normalized spacial score (nSPS) is 15.0. The maximum atomic E-state index is 11.8. The van der Waals surface area contributed by atoms with Gasteiger partial charge in [-0.25, -0.2) is 5.43 Å². The second kappa shape index (κ2) is 8.81. The summed E-state index contributed by atoms with van der Waals surface area (Å²) in [4.78, 5) is 34.4. The Balaban J connectivity index is 1.79. The lowest BCUT2D eigenvalue weighted by Gasteiger charge is -2.16. The molecule has 128 valence electrons. The van der Waals surface area contributed by atoms with Gasteiger partial charge < -0.3 is 10.6 Å². The Labute approximate surface area is 140 Å². The van der Waals surface area contributed by atoms with Crippen LogP contribution in [-0.2, 0) is 14.4 Å². The van der Waals surface area contributed by atoms with E-state index in [-0.39, 0.29) is 5.91 Å². The summed E-state index contributed by atoms with van der Waals surface area (Å²) < 4.78 is 0. The van der Waals surface area contributed by atoms with Crippen LogP contribution in [0.25, 0.3) is 0 Å². The molecule has 3 amide bonds. The number of hydrogen-bond donors (Lipinski definition) is 3. The van der Waals surface area contributed by atoms with Crippen LogP contribution in [0.1, 0.15) is 39.0 Å². The van der Waals surface area contributed by atoms with Gasteiger partial charge in [-0.15, -0.1) is 0 Å². The van der Waals surface area contributed by atoms with Crippen molar-refractivity contribution in [3.8, 4) is 0 Å². The molecule has 7 heteroatoms. The van der Waals surface area contributed by atoms with Crippen molar-refractivity contribution >= 4 is 35.3 Å². The number of anilines is 2. The first kappa shape index (κ1) is 17.7. The third-order valence-corrected chi connectivity index (χ3v) is 3.77. The molecule has 24 heavy (non-hydrogen) atoms. The fraction of sp³-hybridized carbons (Fsp3) is 0.412. The standard InChI is InChI=1S/C17H22N4O3/c1-12(22)19-14-7-9-15(10-8-14)20-16(23)17(24)21-18-11-13-5-3-2-4-6-13/h7-11,13H,2-6H2,1H3,(H,19,22)(H,20,23)(H,21,24). The Bertz CT molecular complexity index is 619. The Morgan fingerprint density at radius 2 is 1.54 bits per heavy atom. The highest BCUT2D eigenvalue weighted by Gasteiger charge is 2.14. The minimum Gasteiger partial charge on any atom is -0.326 e. The van der Waals surface area contributed by atoms with Crippen molar-refractivity contribution in [2.45, 2.75) is 39.0 Å². The molecule has 1 fully saturated rings. The fourth-order valence-corrected chi connectivity index (χ4v) is 2.56. The molecule has 3 N–H and O–H groups in total. The summed E-state index contributed by atoms with van der Waals surface area (Å²) >= 11 is 0. The largest absolute Gasteiger partial charge is 0.329 e. The van der Waals surface area contributed by atoms with Crippen LogP contribution in [0, 0.1) is 5.92 Å². The van der Waals surface area contributed by atoms with Crippen molar-refractivity contribution in [3.05, 3.63) is 24.3 Å². The van der Waals surface area contributed by atoms with Crippen LogP contribution in [0.5, 0.6) is 0 Å². The van der Waals surface area contributed by atoms with Crippen LogP contribution < -0.4 is 16.1 Å². The zero-order valence-corrected chi connectivity index (χ0v) is 13.7. The third-order valence-electron chi connectivity index (χ3n) is 3.77. The van der Waals surface area contributed by atoms with Crippen LogP contribution in [0.4, 0.5) is 11.4 Å². The Morgan fingerprint density at radius 1 is 0.958 bits per heavy atom. The Kier molecular flexibility index (Phi) is 6.48. The van der Waals surface area contributed by atoms with Crippen LogP contribution in [-0.4, -0.2) is 23.9 Å². The highest BCUT2D eigenvalue weighted by molar-refractivity contribution is 6.39. The van der Waals surface area contributed by atoms with Crippen molar-refractivity contribution in [3.63, 3.8) is 0 Å². The number of hydrazone groups is 1. The molecule has 2 rings (SSSR count). The van der Waals surface area contributed by atoms with E-state index in [2.05, 4.69) is 21.2 Å². The van der Waals surface area contributed by atoms with E-state index < -0.39 is 11.8 Å². The minimum absolute atomic E-state index is 0.179. The number of carbonyl (C=O) groups is 3. The average Bonchev–Trinajstić information content (AvgIpc) is 2.57. The van der Waals surface area contributed by atoms with E-state index >= 15 is 0 Å². The van der Waals surface area contributed by atoms with Crippen molar-refractivity contribution in [1.29, 1.82) is 0 Å². The van der Waals surface area contributed by atoms with E-state index in [4.69, 9.17) is 0 Å². The molecule has 1 aliphatic carbocycles. The van der Waals surface area contributed by atoms with Gasteiger partial charge in [0.2, 0.25) is 5.91 Å². The number of nitrogens with zero attached hydrogens (tertiary/aromatic N) is 1. The van der Waals surface area contributed by atoms with Crippen molar-refractivity contribution in [2.24, 2.45) is 11.0 Å². The first-order valence-electron chi connectivity index (χ1n) is 8.07. The molecule has 0 bridgehead atoms. The quantitative estimate of drug-likeness (QED) is 0.448. The number of rotatable bonds is 4.